The van der Waals surface area contributed by atoms with Gasteiger partial charge >= 0.3 is 0 Å². The highest BCUT2D eigenvalue weighted by Crippen LogP contribution is 2.47. The van der Waals surface area contributed by atoms with Crippen LogP contribution in [0.25, 0.3) is 0 Å². The third-order valence-electron chi connectivity index (χ3n) is 2.67. The van der Waals surface area contributed by atoms with Crippen molar-refractivity contribution >= 4 is 11.3 Å². The van der Waals surface area contributed by atoms with Crippen molar-refractivity contribution in [2.45, 2.75) is 25.8 Å². The molecule has 0 aliphatic heterocycles. The summed E-state index contributed by atoms with van der Waals surface area (Å²) in [5.41, 5.74) is 0. The summed E-state index contributed by atoms with van der Waals surface area (Å²) in [6.45, 7) is 4.68. The molecule has 2 rings (SSSR count). The maximum absolute atomic E-state index is 4.95. The molecule has 1 heterocycles. The van der Waals surface area contributed by atoms with Gasteiger partial charge in [0.2, 0.25) is 0 Å². The zero-order chi connectivity index (χ0) is 10.7. The summed E-state index contributed by atoms with van der Waals surface area (Å²) >= 11 is 1.74. The molecule has 84 valence electrons. The average molecular weight is 227 g/mol. The number of methoxy groups -OCH3 is 1. The molecule has 1 aromatic rings. The van der Waals surface area contributed by atoms with Crippen LogP contribution in [-0.4, -0.2) is 30.5 Å². The molecule has 2 unspecified atom stereocenters. The molecular weight excluding hydrogens is 210 g/mol. The van der Waals surface area contributed by atoms with Crippen molar-refractivity contribution in [3.05, 3.63) is 10.0 Å². The van der Waals surface area contributed by atoms with Gasteiger partial charge in [-0.25, -0.2) is 0 Å². The summed E-state index contributed by atoms with van der Waals surface area (Å²) in [5.74, 6) is 1.50. The second-order valence-corrected chi connectivity index (χ2v) is 5.12. The SMILES string of the molecule is COCCNCc1nnc(C2CC2C)s1. The van der Waals surface area contributed by atoms with Crippen molar-refractivity contribution in [2.24, 2.45) is 5.92 Å². The smallest absolute Gasteiger partial charge is 0.131 e. The summed E-state index contributed by atoms with van der Waals surface area (Å²) in [6, 6.07) is 0. The molecule has 1 fully saturated rings. The van der Waals surface area contributed by atoms with Gasteiger partial charge in [0.25, 0.3) is 0 Å². The Kier molecular flexibility index (Phi) is 3.66. The maximum Gasteiger partial charge on any atom is 0.131 e. The van der Waals surface area contributed by atoms with Crippen LogP contribution >= 0.6 is 11.3 Å². The molecule has 2 atom stereocenters. The average Bonchev–Trinajstić information content (AvgIpc) is 2.80. The van der Waals surface area contributed by atoms with Crippen LogP contribution in [0.4, 0.5) is 0 Å². The molecule has 0 bridgehead atoms. The fourth-order valence-electron chi connectivity index (χ4n) is 1.52. The largest absolute Gasteiger partial charge is 0.383 e. The molecule has 1 N–H and O–H groups in total. The molecule has 15 heavy (non-hydrogen) atoms. The van der Waals surface area contributed by atoms with Crippen molar-refractivity contribution in [2.75, 3.05) is 20.3 Å². The van der Waals surface area contributed by atoms with Crippen LogP contribution in [0.3, 0.4) is 0 Å². The number of hydrogen-bond acceptors (Lipinski definition) is 5. The minimum atomic E-state index is 0.690. The van der Waals surface area contributed by atoms with Crippen LogP contribution in [0.1, 0.15) is 29.3 Å². The van der Waals surface area contributed by atoms with E-state index in [2.05, 4.69) is 22.4 Å². The van der Waals surface area contributed by atoms with Crippen LogP contribution < -0.4 is 5.32 Å². The zero-order valence-corrected chi connectivity index (χ0v) is 10.0. The van der Waals surface area contributed by atoms with Crippen molar-refractivity contribution in [1.82, 2.24) is 15.5 Å². The Bertz CT molecular complexity index is 315. The van der Waals surface area contributed by atoms with Gasteiger partial charge in [-0.15, -0.1) is 10.2 Å². The first kappa shape index (κ1) is 11.0. The van der Waals surface area contributed by atoms with Crippen molar-refractivity contribution in [1.29, 1.82) is 0 Å². The monoisotopic (exact) mass is 227 g/mol. The molecule has 0 spiro atoms. The lowest BCUT2D eigenvalue weighted by atomic mass is 10.4. The second-order valence-electron chi connectivity index (χ2n) is 4.02. The molecule has 4 nitrogen and oxygen atoms in total. The summed E-state index contributed by atoms with van der Waals surface area (Å²) in [6.07, 6.45) is 1.28. The van der Waals surface area contributed by atoms with E-state index in [0.29, 0.717) is 5.92 Å². The summed E-state index contributed by atoms with van der Waals surface area (Å²) in [7, 11) is 1.71. The normalized spacial score (nSPS) is 24.4. The van der Waals surface area contributed by atoms with Crippen LogP contribution in [0.2, 0.25) is 0 Å². The van der Waals surface area contributed by atoms with Gasteiger partial charge in [0.15, 0.2) is 0 Å². The van der Waals surface area contributed by atoms with Gasteiger partial charge in [-0.2, -0.15) is 0 Å². The van der Waals surface area contributed by atoms with Crippen molar-refractivity contribution < 1.29 is 4.74 Å². The third kappa shape index (κ3) is 2.96. The Morgan fingerprint density at radius 1 is 1.53 bits per heavy atom. The number of aromatic nitrogens is 2. The Balaban J connectivity index is 1.75. The topological polar surface area (TPSA) is 47.0 Å². The quantitative estimate of drug-likeness (QED) is 0.746. The maximum atomic E-state index is 4.95. The van der Waals surface area contributed by atoms with Crippen LogP contribution in [0, 0.1) is 5.92 Å². The molecule has 1 aliphatic rings. The highest BCUT2D eigenvalue weighted by atomic mass is 32.1. The van der Waals surface area contributed by atoms with E-state index in [1.807, 2.05) is 0 Å². The van der Waals surface area contributed by atoms with Crippen LogP contribution in [-0.2, 0) is 11.3 Å². The first-order valence-electron chi connectivity index (χ1n) is 5.33. The van der Waals surface area contributed by atoms with E-state index < -0.39 is 0 Å². The Labute approximate surface area is 94.1 Å². The van der Waals surface area contributed by atoms with Crippen LogP contribution in [0.5, 0.6) is 0 Å². The van der Waals surface area contributed by atoms with Gasteiger partial charge in [-0.1, -0.05) is 18.3 Å². The lowest BCUT2D eigenvalue weighted by molar-refractivity contribution is 0.199. The minimum Gasteiger partial charge on any atom is -0.383 e. The zero-order valence-electron chi connectivity index (χ0n) is 9.19. The standard InChI is InChI=1S/C10H17N3OS/c1-7-5-8(7)10-13-12-9(15-10)6-11-3-4-14-2/h7-8,11H,3-6H2,1-2H3. The third-order valence-corrected chi connectivity index (χ3v) is 3.72. The van der Waals surface area contributed by atoms with Gasteiger partial charge in [0.05, 0.1) is 6.61 Å². The predicted octanol–water partition coefficient (Wildman–Crippen LogP) is 1.40. The van der Waals surface area contributed by atoms with Gasteiger partial charge in [0, 0.05) is 26.1 Å². The highest BCUT2D eigenvalue weighted by Gasteiger charge is 2.36. The van der Waals surface area contributed by atoms with E-state index in [-0.39, 0.29) is 0 Å². The van der Waals surface area contributed by atoms with E-state index in [9.17, 15) is 0 Å². The van der Waals surface area contributed by atoms with Crippen molar-refractivity contribution in [3.63, 3.8) is 0 Å². The van der Waals surface area contributed by atoms with Crippen LogP contribution in [0.15, 0.2) is 0 Å². The van der Waals surface area contributed by atoms with E-state index in [1.165, 1.54) is 11.4 Å². The molecule has 1 aliphatic carbocycles. The second kappa shape index (κ2) is 5.01. The minimum absolute atomic E-state index is 0.690. The Morgan fingerprint density at radius 2 is 2.33 bits per heavy atom. The summed E-state index contributed by atoms with van der Waals surface area (Å²) < 4.78 is 4.95. The molecule has 0 radical (unpaired) electrons. The fourth-order valence-corrected chi connectivity index (χ4v) is 2.58. The number of nitrogens with one attached hydrogen (secondary N) is 1. The fraction of sp³-hybridized carbons (Fsp3) is 0.800. The summed E-state index contributed by atoms with van der Waals surface area (Å²) in [5, 5.41) is 14.0. The highest BCUT2D eigenvalue weighted by molar-refractivity contribution is 7.11. The lowest BCUT2D eigenvalue weighted by Gasteiger charge is -1.99. The van der Waals surface area contributed by atoms with Gasteiger partial charge in [0.1, 0.15) is 10.0 Å². The molecule has 5 heteroatoms. The first-order valence-corrected chi connectivity index (χ1v) is 6.15. The van der Waals surface area contributed by atoms with E-state index in [4.69, 9.17) is 4.74 Å². The van der Waals surface area contributed by atoms with E-state index in [0.717, 1.165) is 30.6 Å². The van der Waals surface area contributed by atoms with Crippen molar-refractivity contribution in [3.8, 4) is 0 Å². The molecule has 0 saturated heterocycles. The number of nitrogens with zero attached hydrogens (tertiary/aromatic N) is 2. The van der Waals surface area contributed by atoms with Gasteiger partial charge in [-0.05, 0) is 12.3 Å². The molecule has 0 aromatic carbocycles. The predicted molar refractivity (Wildman–Crippen MR) is 60.0 cm³/mol. The molecular formula is C10H17N3OS. The lowest BCUT2D eigenvalue weighted by Crippen LogP contribution is -2.18. The van der Waals surface area contributed by atoms with Gasteiger partial charge < -0.3 is 10.1 Å². The Morgan fingerprint density at radius 3 is 3.00 bits per heavy atom. The first-order chi connectivity index (χ1) is 7.31. The molecule has 1 saturated carbocycles. The number of rotatable bonds is 6. The number of ether oxygens (including phenoxy) is 1. The van der Waals surface area contributed by atoms with E-state index >= 15 is 0 Å². The summed E-state index contributed by atoms with van der Waals surface area (Å²) in [4.78, 5) is 0. The molecule has 1 aromatic heterocycles. The van der Waals surface area contributed by atoms with Gasteiger partial charge in [-0.3, -0.25) is 0 Å². The van der Waals surface area contributed by atoms with E-state index in [1.54, 1.807) is 18.4 Å². The number of hydrogen-bond donors (Lipinski definition) is 1. The Hall–Kier alpha value is -0.520. The molecule has 0 amide bonds.